The van der Waals surface area contributed by atoms with E-state index in [1.165, 1.54) is 4.90 Å². The predicted octanol–water partition coefficient (Wildman–Crippen LogP) is 3.91. The normalized spacial score (nSPS) is 31.5. The van der Waals surface area contributed by atoms with E-state index in [0.29, 0.717) is 17.4 Å². The number of rotatable bonds is 5. The van der Waals surface area contributed by atoms with Crippen LogP contribution in [0.1, 0.15) is 29.3 Å². The molecule has 0 radical (unpaired) electrons. The summed E-state index contributed by atoms with van der Waals surface area (Å²) in [5.41, 5.74) is 2.30. The SMILES string of the molecule is CCc1ccccc1N(CN1C(=O)C2C3C=CC(C4CC34)C2C1=O)C(=O)c1ccccc1. The van der Waals surface area contributed by atoms with Crippen molar-refractivity contribution in [3.05, 3.63) is 77.9 Å². The summed E-state index contributed by atoms with van der Waals surface area (Å²) in [5, 5.41) is 0. The molecular weight excluding hydrogens is 400 g/mol. The lowest BCUT2D eigenvalue weighted by molar-refractivity contribution is -0.140. The van der Waals surface area contributed by atoms with Crippen LogP contribution in [0.15, 0.2) is 66.7 Å². The first-order valence-electron chi connectivity index (χ1n) is 11.6. The van der Waals surface area contributed by atoms with Crippen molar-refractivity contribution in [2.24, 2.45) is 35.5 Å². The van der Waals surface area contributed by atoms with Crippen molar-refractivity contribution in [1.29, 1.82) is 0 Å². The lowest BCUT2D eigenvalue weighted by atomic mass is 9.63. The molecule has 4 aliphatic carbocycles. The molecule has 2 aromatic rings. The van der Waals surface area contributed by atoms with Crippen LogP contribution in [0.4, 0.5) is 5.69 Å². The Balaban J connectivity index is 1.36. The molecule has 2 aromatic carbocycles. The minimum absolute atomic E-state index is 0.0375. The maximum absolute atomic E-state index is 13.6. The topological polar surface area (TPSA) is 57.7 Å². The molecule has 162 valence electrons. The maximum Gasteiger partial charge on any atom is 0.259 e. The molecule has 3 fully saturated rings. The number of carbonyl (C=O) groups excluding carboxylic acids is 3. The number of carbonyl (C=O) groups is 3. The van der Waals surface area contributed by atoms with Crippen LogP contribution in [0.25, 0.3) is 0 Å². The molecule has 1 heterocycles. The van der Waals surface area contributed by atoms with Gasteiger partial charge in [-0.05, 0) is 60.3 Å². The Hall–Kier alpha value is -3.21. The van der Waals surface area contributed by atoms with Gasteiger partial charge in [0, 0.05) is 11.3 Å². The number of hydrogen-bond acceptors (Lipinski definition) is 3. The molecule has 0 aromatic heterocycles. The van der Waals surface area contributed by atoms with Crippen LogP contribution in [-0.2, 0) is 16.0 Å². The molecule has 7 rings (SSSR count). The number of amides is 3. The summed E-state index contributed by atoms with van der Waals surface area (Å²) in [5.74, 6) is 0.555. The average Bonchev–Trinajstić information content (AvgIpc) is 3.62. The highest BCUT2D eigenvalue weighted by atomic mass is 16.2. The van der Waals surface area contributed by atoms with Crippen LogP contribution < -0.4 is 4.90 Å². The van der Waals surface area contributed by atoms with Crippen molar-refractivity contribution in [1.82, 2.24) is 4.90 Å². The average molecular weight is 427 g/mol. The van der Waals surface area contributed by atoms with Crippen LogP contribution in [0.2, 0.25) is 0 Å². The minimum atomic E-state index is -0.253. The lowest BCUT2D eigenvalue weighted by Crippen LogP contribution is -2.45. The van der Waals surface area contributed by atoms with Crippen molar-refractivity contribution in [2.45, 2.75) is 19.8 Å². The van der Waals surface area contributed by atoms with Crippen molar-refractivity contribution in [3.8, 4) is 0 Å². The highest BCUT2D eigenvalue weighted by Gasteiger charge is 2.67. The summed E-state index contributed by atoms with van der Waals surface area (Å²) in [6.07, 6.45) is 6.24. The zero-order chi connectivity index (χ0) is 22.0. The molecule has 5 aliphatic rings. The summed E-state index contributed by atoms with van der Waals surface area (Å²) in [6.45, 7) is 2.00. The van der Waals surface area contributed by atoms with Crippen LogP contribution in [0.3, 0.4) is 0 Å². The van der Waals surface area contributed by atoms with E-state index < -0.39 is 0 Å². The number of benzene rings is 2. The summed E-state index contributed by atoms with van der Waals surface area (Å²) in [4.78, 5) is 43.6. The summed E-state index contributed by atoms with van der Waals surface area (Å²) >= 11 is 0. The molecule has 0 N–H and O–H groups in total. The van der Waals surface area contributed by atoms with E-state index in [4.69, 9.17) is 0 Å². The highest BCUT2D eigenvalue weighted by molar-refractivity contribution is 6.10. The fourth-order valence-electron chi connectivity index (χ4n) is 6.36. The van der Waals surface area contributed by atoms with Crippen molar-refractivity contribution in [2.75, 3.05) is 11.6 Å². The van der Waals surface area contributed by atoms with E-state index in [9.17, 15) is 14.4 Å². The van der Waals surface area contributed by atoms with Crippen molar-refractivity contribution in [3.63, 3.8) is 0 Å². The zero-order valence-electron chi connectivity index (χ0n) is 18.1. The second kappa shape index (κ2) is 7.16. The fourth-order valence-corrected chi connectivity index (χ4v) is 6.36. The Bertz CT molecular complexity index is 1100. The number of aryl methyl sites for hydroxylation is 1. The quantitative estimate of drug-likeness (QED) is 0.538. The first kappa shape index (κ1) is 19.5. The smallest absolute Gasteiger partial charge is 0.259 e. The van der Waals surface area contributed by atoms with Crippen molar-refractivity contribution < 1.29 is 14.4 Å². The number of likely N-dealkylation sites (tertiary alicyclic amines) is 1. The third-order valence-corrected chi connectivity index (χ3v) is 7.97. The Labute approximate surface area is 187 Å². The van der Waals surface area contributed by atoms with Gasteiger partial charge in [0.15, 0.2) is 0 Å². The molecule has 32 heavy (non-hydrogen) atoms. The van der Waals surface area contributed by atoms with Gasteiger partial charge in [0.05, 0.1) is 11.8 Å². The van der Waals surface area contributed by atoms with Gasteiger partial charge in [-0.15, -0.1) is 0 Å². The first-order chi connectivity index (χ1) is 15.6. The molecule has 1 aliphatic heterocycles. The standard InChI is InChI=1S/C27H26N2O3/c1-2-16-8-6-7-11-22(16)28(25(30)17-9-4-3-5-10-17)15-29-26(31)23-18-12-13-19(21-14-20(18)21)24(23)27(29)32/h3-13,18-21,23-24H,2,14-15H2,1H3. The molecule has 6 atom stereocenters. The number of hydrogen-bond donors (Lipinski definition) is 0. The Kier molecular flexibility index (Phi) is 4.36. The number of anilines is 1. The molecule has 1 saturated heterocycles. The van der Waals surface area contributed by atoms with E-state index in [1.807, 2.05) is 49.4 Å². The second-order valence-corrected chi connectivity index (χ2v) is 9.48. The van der Waals surface area contributed by atoms with E-state index in [2.05, 4.69) is 12.2 Å². The van der Waals surface area contributed by atoms with E-state index in [1.54, 1.807) is 17.0 Å². The van der Waals surface area contributed by atoms with Gasteiger partial charge < -0.3 is 0 Å². The van der Waals surface area contributed by atoms with Gasteiger partial charge in [-0.2, -0.15) is 0 Å². The van der Waals surface area contributed by atoms with E-state index >= 15 is 0 Å². The van der Waals surface area contributed by atoms with Crippen molar-refractivity contribution >= 4 is 23.4 Å². The van der Waals surface area contributed by atoms with Gasteiger partial charge in [0.1, 0.15) is 6.67 Å². The fraction of sp³-hybridized carbons (Fsp3) is 0.370. The largest absolute Gasteiger partial charge is 0.289 e. The van der Waals surface area contributed by atoms with Crippen LogP contribution in [0.5, 0.6) is 0 Å². The number of imide groups is 1. The first-order valence-corrected chi connectivity index (χ1v) is 11.6. The monoisotopic (exact) mass is 426 g/mol. The lowest BCUT2D eigenvalue weighted by Gasteiger charge is -2.37. The summed E-state index contributed by atoms with van der Waals surface area (Å²) in [7, 11) is 0. The third-order valence-electron chi connectivity index (χ3n) is 7.97. The second-order valence-electron chi connectivity index (χ2n) is 9.48. The molecule has 3 amide bonds. The molecule has 2 bridgehead atoms. The molecular formula is C27H26N2O3. The van der Waals surface area contributed by atoms with Gasteiger partial charge >= 0.3 is 0 Å². The molecule has 2 saturated carbocycles. The van der Waals surface area contributed by atoms with Gasteiger partial charge in [0.25, 0.3) is 5.91 Å². The van der Waals surface area contributed by atoms with E-state index in [-0.39, 0.29) is 48.1 Å². The summed E-state index contributed by atoms with van der Waals surface area (Å²) in [6, 6.07) is 16.8. The zero-order valence-corrected chi connectivity index (χ0v) is 18.1. The predicted molar refractivity (Wildman–Crippen MR) is 120 cm³/mol. The number of nitrogens with zero attached hydrogens (tertiary/aromatic N) is 2. The van der Waals surface area contributed by atoms with Crippen LogP contribution >= 0.6 is 0 Å². The Morgan fingerprint density at radius 2 is 1.50 bits per heavy atom. The molecule has 0 spiro atoms. The van der Waals surface area contributed by atoms with Crippen LogP contribution in [-0.4, -0.2) is 29.3 Å². The molecule has 5 nitrogen and oxygen atoms in total. The van der Waals surface area contributed by atoms with E-state index in [0.717, 1.165) is 24.1 Å². The Morgan fingerprint density at radius 3 is 2.12 bits per heavy atom. The molecule has 6 unspecified atom stereocenters. The Morgan fingerprint density at radius 1 is 0.906 bits per heavy atom. The molecule has 5 heteroatoms. The van der Waals surface area contributed by atoms with Gasteiger partial charge in [0.2, 0.25) is 11.8 Å². The minimum Gasteiger partial charge on any atom is -0.289 e. The van der Waals surface area contributed by atoms with Gasteiger partial charge in [-0.25, -0.2) is 0 Å². The number of para-hydroxylation sites is 1. The number of allylic oxidation sites excluding steroid dienone is 2. The van der Waals surface area contributed by atoms with Gasteiger partial charge in [-0.1, -0.05) is 55.5 Å². The maximum atomic E-state index is 13.6. The third kappa shape index (κ3) is 2.73. The summed E-state index contributed by atoms with van der Waals surface area (Å²) < 4.78 is 0. The van der Waals surface area contributed by atoms with Gasteiger partial charge in [-0.3, -0.25) is 24.2 Å². The highest BCUT2D eigenvalue weighted by Crippen LogP contribution is 2.65. The van der Waals surface area contributed by atoms with Crippen LogP contribution in [0, 0.1) is 35.5 Å².